The predicted octanol–water partition coefficient (Wildman–Crippen LogP) is 5.28. The summed E-state index contributed by atoms with van der Waals surface area (Å²) in [5.74, 6) is 0.772. The highest BCUT2D eigenvalue weighted by Gasteiger charge is 2.17. The molecule has 1 heterocycles. The standard InChI is InChI=1S/C23H26ClN3O3/c1-4-30-19-9-10-21-17(14-19)13-18(22(24)25-21)15-27(11-12-29-3)23(28)26-20-8-6-5-7-16(20)2/h5-10,13-14H,4,11-12,15H2,1-3H3,(H,26,28). The van der Waals surface area contributed by atoms with Gasteiger partial charge in [-0.25, -0.2) is 9.78 Å². The van der Waals surface area contributed by atoms with Gasteiger partial charge in [0, 0.05) is 30.3 Å². The van der Waals surface area contributed by atoms with Crippen LogP contribution in [-0.2, 0) is 11.3 Å². The molecule has 0 saturated heterocycles. The van der Waals surface area contributed by atoms with Gasteiger partial charge in [-0.15, -0.1) is 0 Å². The quantitative estimate of drug-likeness (QED) is 0.497. The highest BCUT2D eigenvalue weighted by Crippen LogP contribution is 2.26. The number of anilines is 1. The van der Waals surface area contributed by atoms with E-state index in [1.54, 1.807) is 12.0 Å². The number of ether oxygens (including phenoxy) is 2. The van der Waals surface area contributed by atoms with Crippen LogP contribution in [0.25, 0.3) is 10.9 Å². The number of hydrogen-bond donors (Lipinski definition) is 1. The van der Waals surface area contributed by atoms with Crippen LogP contribution in [0.15, 0.2) is 48.5 Å². The lowest BCUT2D eigenvalue weighted by atomic mass is 10.1. The van der Waals surface area contributed by atoms with Crippen LogP contribution >= 0.6 is 11.6 Å². The van der Waals surface area contributed by atoms with Crippen molar-refractivity contribution in [3.63, 3.8) is 0 Å². The third kappa shape index (κ3) is 5.40. The van der Waals surface area contributed by atoms with E-state index in [1.807, 2.05) is 62.4 Å². The van der Waals surface area contributed by atoms with Crippen LogP contribution in [-0.4, -0.2) is 42.8 Å². The first-order chi connectivity index (χ1) is 14.5. The van der Waals surface area contributed by atoms with E-state index < -0.39 is 0 Å². The number of amides is 2. The largest absolute Gasteiger partial charge is 0.494 e. The Bertz CT molecular complexity index is 1030. The molecular formula is C23H26ClN3O3. The molecule has 158 valence electrons. The monoisotopic (exact) mass is 427 g/mol. The summed E-state index contributed by atoms with van der Waals surface area (Å²) in [6.45, 7) is 5.62. The number of carbonyl (C=O) groups is 1. The van der Waals surface area contributed by atoms with Gasteiger partial charge in [0.2, 0.25) is 0 Å². The van der Waals surface area contributed by atoms with Crippen molar-refractivity contribution in [3.8, 4) is 5.75 Å². The molecule has 2 amide bonds. The van der Waals surface area contributed by atoms with Crippen molar-refractivity contribution in [2.45, 2.75) is 20.4 Å². The minimum absolute atomic E-state index is 0.222. The van der Waals surface area contributed by atoms with Crippen molar-refractivity contribution in [2.75, 3.05) is 32.2 Å². The van der Waals surface area contributed by atoms with E-state index in [1.165, 1.54) is 0 Å². The number of nitrogens with one attached hydrogen (secondary N) is 1. The summed E-state index contributed by atoms with van der Waals surface area (Å²) in [5, 5.41) is 4.25. The summed E-state index contributed by atoms with van der Waals surface area (Å²) >= 11 is 6.44. The molecule has 0 unspecified atom stereocenters. The van der Waals surface area contributed by atoms with Gasteiger partial charge in [0.15, 0.2) is 0 Å². The summed E-state index contributed by atoms with van der Waals surface area (Å²) in [6, 6.07) is 15.1. The number of rotatable bonds is 8. The van der Waals surface area contributed by atoms with Crippen LogP contribution in [0.5, 0.6) is 5.75 Å². The van der Waals surface area contributed by atoms with Gasteiger partial charge in [-0.05, 0) is 49.7 Å². The molecule has 0 atom stereocenters. The van der Waals surface area contributed by atoms with Gasteiger partial charge in [0.05, 0.1) is 25.3 Å². The zero-order valence-electron chi connectivity index (χ0n) is 17.4. The molecule has 0 bridgehead atoms. The van der Waals surface area contributed by atoms with Crippen LogP contribution in [0, 0.1) is 6.92 Å². The number of benzene rings is 2. The van der Waals surface area contributed by atoms with E-state index in [-0.39, 0.29) is 6.03 Å². The van der Waals surface area contributed by atoms with E-state index in [2.05, 4.69) is 10.3 Å². The third-order valence-corrected chi connectivity index (χ3v) is 5.05. The highest BCUT2D eigenvalue weighted by atomic mass is 35.5. The maximum absolute atomic E-state index is 13.0. The smallest absolute Gasteiger partial charge is 0.322 e. The maximum Gasteiger partial charge on any atom is 0.322 e. The molecule has 0 spiro atoms. The summed E-state index contributed by atoms with van der Waals surface area (Å²) in [4.78, 5) is 19.1. The number of nitrogens with zero attached hydrogens (tertiary/aromatic N) is 2. The van der Waals surface area contributed by atoms with E-state index >= 15 is 0 Å². The maximum atomic E-state index is 13.0. The number of halogens is 1. The number of urea groups is 1. The second-order valence-corrected chi connectivity index (χ2v) is 7.24. The van der Waals surface area contributed by atoms with Crippen molar-refractivity contribution < 1.29 is 14.3 Å². The molecule has 7 heteroatoms. The number of fused-ring (bicyclic) bond motifs is 1. The normalized spacial score (nSPS) is 10.8. The van der Waals surface area contributed by atoms with Gasteiger partial charge in [-0.1, -0.05) is 29.8 Å². The molecule has 0 radical (unpaired) electrons. The van der Waals surface area contributed by atoms with Crippen LogP contribution in [0.1, 0.15) is 18.1 Å². The summed E-state index contributed by atoms with van der Waals surface area (Å²) < 4.78 is 10.8. The van der Waals surface area contributed by atoms with Crippen molar-refractivity contribution in [1.29, 1.82) is 0 Å². The van der Waals surface area contributed by atoms with Gasteiger partial charge in [-0.3, -0.25) is 0 Å². The van der Waals surface area contributed by atoms with E-state index in [4.69, 9.17) is 21.1 Å². The van der Waals surface area contributed by atoms with Crippen LogP contribution < -0.4 is 10.1 Å². The van der Waals surface area contributed by atoms with Crippen LogP contribution in [0.4, 0.5) is 10.5 Å². The fourth-order valence-corrected chi connectivity index (χ4v) is 3.31. The second-order valence-electron chi connectivity index (χ2n) is 6.89. The van der Waals surface area contributed by atoms with Crippen molar-refractivity contribution in [2.24, 2.45) is 0 Å². The highest BCUT2D eigenvalue weighted by molar-refractivity contribution is 6.30. The first kappa shape index (κ1) is 21.9. The van der Waals surface area contributed by atoms with Gasteiger partial charge < -0.3 is 19.7 Å². The number of pyridine rings is 1. The van der Waals surface area contributed by atoms with Gasteiger partial charge >= 0.3 is 6.03 Å². The molecular weight excluding hydrogens is 402 g/mol. The molecule has 3 aromatic rings. The Morgan fingerprint density at radius 2 is 2.00 bits per heavy atom. The minimum atomic E-state index is -0.222. The average Bonchev–Trinajstić information content (AvgIpc) is 2.73. The van der Waals surface area contributed by atoms with Gasteiger partial charge in [0.1, 0.15) is 10.9 Å². The number of aromatic nitrogens is 1. The fraction of sp³-hybridized carbons (Fsp3) is 0.304. The molecule has 1 N–H and O–H groups in total. The summed E-state index contributed by atoms with van der Waals surface area (Å²) in [7, 11) is 1.61. The Labute approximate surface area is 181 Å². The lowest BCUT2D eigenvalue weighted by Gasteiger charge is -2.24. The van der Waals surface area contributed by atoms with E-state index in [0.717, 1.165) is 33.5 Å². The lowest BCUT2D eigenvalue weighted by molar-refractivity contribution is 0.153. The van der Waals surface area contributed by atoms with Crippen molar-refractivity contribution >= 4 is 34.2 Å². The molecule has 0 aliphatic rings. The Morgan fingerprint density at radius 3 is 2.73 bits per heavy atom. The molecule has 6 nitrogen and oxygen atoms in total. The molecule has 0 aliphatic heterocycles. The zero-order chi connectivity index (χ0) is 21.5. The van der Waals surface area contributed by atoms with Crippen LogP contribution in [0.2, 0.25) is 5.15 Å². The first-order valence-electron chi connectivity index (χ1n) is 9.84. The number of hydrogen-bond acceptors (Lipinski definition) is 4. The molecule has 0 aliphatic carbocycles. The molecule has 0 fully saturated rings. The topological polar surface area (TPSA) is 63.7 Å². The Hall–Kier alpha value is -2.83. The first-order valence-corrected chi connectivity index (χ1v) is 10.2. The Morgan fingerprint density at radius 1 is 1.20 bits per heavy atom. The average molecular weight is 428 g/mol. The molecule has 1 aromatic heterocycles. The Kier molecular flexibility index (Phi) is 7.49. The summed E-state index contributed by atoms with van der Waals surface area (Å²) in [6.07, 6.45) is 0. The summed E-state index contributed by atoms with van der Waals surface area (Å²) in [5.41, 5.74) is 3.30. The molecule has 2 aromatic carbocycles. The molecule has 30 heavy (non-hydrogen) atoms. The zero-order valence-corrected chi connectivity index (χ0v) is 18.2. The Balaban J connectivity index is 1.86. The van der Waals surface area contributed by atoms with Crippen LogP contribution in [0.3, 0.4) is 0 Å². The van der Waals surface area contributed by atoms with Crippen molar-refractivity contribution in [1.82, 2.24) is 9.88 Å². The number of aryl methyl sites for hydroxylation is 1. The number of para-hydroxylation sites is 1. The van der Waals surface area contributed by atoms with Gasteiger partial charge in [-0.2, -0.15) is 0 Å². The third-order valence-electron chi connectivity index (χ3n) is 4.72. The predicted molar refractivity (Wildman–Crippen MR) is 120 cm³/mol. The fourth-order valence-electron chi connectivity index (χ4n) is 3.11. The second kappa shape index (κ2) is 10.3. The lowest BCUT2D eigenvalue weighted by Crippen LogP contribution is -2.37. The van der Waals surface area contributed by atoms with Gasteiger partial charge in [0.25, 0.3) is 0 Å². The van der Waals surface area contributed by atoms with E-state index in [0.29, 0.717) is 31.5 Å². The molecule has 0 saturated carbocycles. The number of methoxy groups -OCH3 is 1. The SMILES string of the molecule is CCOc1ccc2nc(Cl)c(CN(CCOC)C(=O)Nc3ccccc3C)cc2c1. The minimum Gasteiger partial charge on any atom is -0.494 e. The number of carbonyl (C=O) groups excluding carboxylic acids is 1. The van der Waals surface area contributed by atoms with Crippen molar-refractivity contribution in [3.05, 3.63) is 64.8 Å². The van der Waals surface area contributed by atoms with E-state index in [9.17, 15) is 4.79 Å². The molecule has 3 rings (SSSR count).